The molecule has 3 heteroatoms. The molecule has 2 nitrogen and oxygen atoms in total. The van der Waals surface area contributed by atoms with Crippen molar-refractivity contribution in [3.8, 4) is 0 Å². The molecule has 22 heavy (non-hydrogen) atoms. The van der Waals surface area contributed by atoms with Gasteiger partial charge in [-0.3, -0.25) is 0 Å². The first-order valence-corrected chi connectivity index (χ1v) is 8.87. The van der Waals surface area contributed by atoms with E-state index in [1.165, 1.54) is 40.2 Å². The summed E-state index contributed by atoms with van der Waals surface area (Å²) in [5.74, 6) is 0. The van der Waals surface area contributed by atoms with Gasteiger partial charge in [0.1, 0.15) is 12.6 Å². The van der Waals surface area contributed by atoms with Crippen LogP contribution in [0.1, 0.15) is 35.0 Å². The molecule has 0 amide bonds. The molecule has 1 N–H and O–H groups in total. The van der Waals surface area contributed by atoms with Crippen molar-refractivity contribution < 1.29 is 4.90 Å². The van der Waals surface area contributed by atoms with Gasteiger partial charge in [-0.2, -0.15) is 0 Å². The molecular weight excluding hydrogens is 288 g/mol. The molecule has 1 saturated heterocycles. The second kappa shape index (κ2) is 5.82. The molecule has 2 heterocycles. The van der Waals surface area contributed by atoms with Crippen molar-refractivity contribution in [1.82, 2.24) is 4.98 Å². The van der Waals surface area contributed by atoms with E-state index in [0.29, 0.717) is 6.04 Å². The van der Waals surface area contributed by atoms with Crippen molar-refractivity contribution in [2.75, 3.05) is 6.54 Å². The summed E-state index contributed by atoms with van der Waals surface area (Å²) in [7, 11) is 0. The smallest absolute Gasteiger partial charge is 0.151 e. The van der Waals surface area contributed by atoms with E-state index in [4.69, 9.17) is 4.98 Å². The van der Waals surface area contributed by atoms with Gasteiger partial charge < -0.3 is 4.90 Å². The van der Waals surface area contributed by atoms with E-state index in [9.17, 15) is 0 Å². The molecule has 0 bridgehead atoms. The van der Waals surface area contributed by atoms with Crippen molar-refractivity contribution in [1.29, 1.82) is 0 Å². The van der Waals surface area contributed by atoms with E-state index >= 15 is 0 Å². The van der Waals surface area contributed by atoms with Gasteiger partial charge in [0.05, 0.1) is 16.8 Å². The number of hydrogen-bond acceptors (Lipinski definition) is 2. The molecule has 4 rings (SSSR count). The highest BCUT2D eigenvalue weighted by atomic mass is 32.1. The molecule has 1 unspecified atom stereocenters. The van der Waals surface area contributed by atoms with Crippen molar-refractivity contribution in [3.63, 3.8) is 0 Å². The van der Waals surface area contributed by atoms with Crippen LogP contribution in [0.5, 0.6) is 0 Å². The zero-order valence-electron chi connectivity index (χ0n) is 12.9. The summed E-state index contributed by atoms with van der Waals surface area (Å²) in [6.45, 7) is 4.52. The van der Waals surface area contributed by atoms with E-state index in [1.54, 1.807) is 4.90 Å². The molecule has 2 atom stereocenters. The zero-order valence-corrected chi connectivity index (χ0v) is 13.7. The summed E-state index contributed by atoms with van der Waals surface area (Å²) >= 11 is 1.88. The Labute approximate surface area is 135 Å². The van der Waals surface area contributed by atoms with Gasteiger partial charge in [0, 0.05) is 18.4 Å². The van der Waals surface area contributed by atoms with Crippen molar-refractivity contribution in [3.05, 3.63) is 64.7 Å². The van der Waals surface area contributed by atoms with Gasteiger partial charge in [0.25, 0.3) is 0 Å². The summed E-state index contributed by atoms with van der Waals surface area (Å²) in [5, 5.41) is 1.32. The third-order valence-corrected chi connectivity index (χ3v) is 5.79. The second-order valence-corrected chi connectivity index (χ2v) is 7.35. The molecule has 1 fully saturated rings. The van der Waals surface area contributed by atoms with Gasteiger partial charge in [-0.05, 0) is 19.1 Å². The lowest BCUT2D eigenvalue weighted by atomic mass is 10.1. The Kier molecular flexibility index (Phi) is 3.68. The van der Waals surface area contributed by atoms with E-state index in [0.717, 1.165) is 12.1 Å². The minimum Gasteiger partial charge on any atom is -0.323 e. The summed E-state index contributed by atoms with van der Waals surface area (Å²) in [5.41, 5.74) is 3.93. The number of nitrogens with one attached hydrogen (secondary N) is 1. The average molecular weight is 309 g/mol. The number of aryl methyl sites for hydroxylation is 1. The number of aromatic nitrogens is 1. The largest absolute Gasteiger partial charge is 0.323 e. The highest BCUT2D eigenvalue weighted by Gasteiger charge is 2.32. The standard InChI is InChI=1S/C19H20N2S/c1-14-8-10-15(11-9-14)13-21-12-4-6-17(21)19-20-16-5-2-3-7-18(16)22-19/h2-3,5,7-11,17H,4,6,12-13H2,1H3/p+1/t17-/m0/s1. The van der Waals surface area contributed by atoms with Crippen LogP contribution in [0.2, 0.25) is 0 Å². The van der Waals surface area contributed by atoms with Crippen LogP contribution in [0.4, 0.5) is 0 Å². The van der Waals surface area contributed by atoms with Crippen LogP contribution in [0.25, 0.3) is 10.2 Å². The molecule has 2 aromatic carbocycles. The van der Waals surface area contributed by atoms with Crippen molar-refractivity contribution >= 4 is 21.6 Å². The number of hydrogen-bond donors (Lipinski definition) is 1. The van der Waals surface area contributed by atoms with Crippen LogP contribution in [-0.2, 0) is 6.54 Å². The molecule has 0 radical (unpaired) electrons. The molecule has 0 aliphatic carbocycles. The first-order valence-electron chi connectivity index (χ1n) is 8.05. The van der Waals surface area contributed by atoms with Gasteiger partial charge >= 0.3 is 0 Å². The third-order valence-electron chi connectivity index (χ3n) is 4.64. The molecule has 3 aromatic rings. The van der Waals surface area contributed by atoms with E-state index in [-0.39, 0.29) is 0 Å². The lowest BCUT2D eigenvalue weighted by Gasteiger charge is -2.19. The second-order valence-electron chi connectivity index (χ2n) is 6.29. The maximum atomic E-state index is 4.90. The Morgan fingerprint density at radius 1 is 1.14 bits per heavy atom. The van der Waals surface area contributed by atoms with E-state index in [2.05, 4.69) is 55.5 Å². The highest BCUT2D eigenvalue weighted by Crippen LogP contribution is 2.28. The predicted molar refractivity (Wildman–Crippen MR) is 92.3 cm³/mol. The van der Waals surface area contributed by atoms with Gasteiger partial charge in [-0.25, -0.2) is 4.98 Å². The Morgan fingerprint density at radius 3 is 2.77 bits per heavy atom. The summed E-state index contributed by atoms with van der Waals surface area (Å²) in [6.07, 6.45) is 2.57. The van der Waals surface area contributed by atoms with Gasteiger partial charge in [0.15, 0.2) is 5.01 Å². The van der Waals surface area contributed by atoms with Crippen LogP contribution in [-0.4, -0.2) is 11.5 Å². The Bertz CT molecular complexity index is 742. The van der Waals surface area contributed by atoms with Crippen molar-refractivity contribution in [2.45, 2.75) is 32.4 Å². The number of quaternary nitrogens is 1. The lowest BCUT2D eigenvalue weighted by molar-refractivity contribution is -0.932. The van der Waals surface area contributed by atoms with E-state index in [1.807, 2.05) is 11.3 Å². The third kappa shape index (κ3) is 2.67. The number of nitrogens with zero attached hydrogens (tertiary/aromatic N) is 1. The predicted octanol–water partition coefficient (Wildman–Crippen LogP) is 3.52. The number of rotatable bonds is 3. The maximum Gasteiger partial charge on any atom is 0.151 e. The fourth-order valence-electron chi connectivity index (χ4n) is 3.43. The minimum atomic E-state index is 0.568. The molecule has 1 aliphatic rings. The average Bonchev–Trinajstić information content (AvgIpc) is 3.15. The Morgan fingerprint density at radius 2 is 1.95 bits per heavy atom. The zero-order chi connectivity index (χ0) is 14.9. The highest BCUT2D eigenvalue weighted by molar-refractivity contribution is 7.18. The molecule has 0 spiro atoms. The van der Waals surface area contributed by atoms with Crippen LogP contribution in [0.3, 0.4) is 0 Å². The monoisotopic (exact) mass is 309 g/mol. The molecule has 0 saturated carbocycles. The van der Waals surface area contributed by atoms with Crippen LogP contribution in [0, 0.1) is 6.92 Å². The molecule has 112 valence electrons. The van der Waals surface area contributed by atoms with Crippen molar-refractivity contribution in [2.24, 2.45) is 0 Å². The SMILES string of the molecule is Cc1ccc(C[NH+]2CCC[C@H]2c2nc3ccccc3s2)cc1. The molecule has 1 aliphatic heterocycles. The van der Waals surface area contributed by atoms with Gasteiger partial charge in [-0.15, -0.1) is 11.3 Å². The molecular formula is C19H21N2S+. The molecule has 1 aromatic heterocycles. The fourth-order valence-corrected chi connectivity index (χ4v) is 4.59. The van der Waals surface area contributed by atoms with Crippen LogP contribution in [0.15, 0.2) is 48.5 Å². The number of para-hydroxylation sites is 1. The van der Waals surface area contributed by atoms with E-state index < -0.39 is 0 Å². The Balaban J connectivity index is 1.58. The van der Waals surface area contributed by atoms with Gasteiger partial charge in [0.2, 0.25) is 0 Å². The van der Waals surface area contributed by atoms with Crippen LogP contribution >= 0.6 is 11.3 Å². The fraction of sp³-hybridized carbons (Fsp3) is 0.316. The van der Waals surface area contributed by atoms with Gasteiger partial charge in [-0.1, -0.05) is 42.0 Å². The number of fused-ring (bicyclic) bond motifs is 1. The topological polar surface area (TPSA) is 17.3 Å². The summed E-state index contributed by atoms with van der Waals surface area (Å²) < 4.78 is 1.32. The Hall–Kier alpha value is -1.71. The maximum absolute atomic E-state index is 4.90. The summed E-state index contributed by atoms with van der Waals surface area (Å²) in [6, 6.07) is 18.1. The minimum absolute atomic E-state index is 0.568. The lowest BCUT2D eigenvalue weighted by Crippen LogP contribution is -3.08. The van der Waals surface area contributed by atoms with Crippen LogP contribution < -0.4 is 4.90 Å². The number of thiazole rings is 1. The first-order chi connectivity index (χ1) is 10.8. The quantitative estimate of drug-likeness (QED) is 0.783. The first kappa shape index (κ1) is 13.9. The normalized spacial score (nSPS) is 21.5. The number of likely N-dealkylation sites (tertiary alicyclic amines) is 1. The number of benzene rings is 2. The summed E-state index contributed by atoms with van der Waals surface area (Å²) in [4.78, 5) is 6.57.